The number of rotatable bonds is 8. The van der Waals surface area contributed by atoms with Crippen molar-refractivity contribution >= 4 is 11.8 Å². The van der Waals surface area contributed by atoms with Crippen molar-refractivity contribution in [3.05, 3.63) is 71.8 Å². The molecule has 2 rings (SSSR count). The molecule has 0 aliphatic rings. The Hall–Kier alpha value is -2.62. The van der Waals surface area contributed by atoms with Crippen LogP contribution in [0.4, 0.5) is 0 Å². The van der Waals surface area contributed by atoms with Crippen LogP contribution in [0.3, 0.4) is 0 Å². The lowest BCUT2D eigenvalue weighted by atomic mass is 10.1. The quantitative estimate of drug-likeness (QED) is 0.734. The van der Waals surface area contributed by atoms with Crippen molar-refractivity contribution in [3.8, 4) is 0 Å². The average Bonchev–Trinajstić information content (AvgIpc) is 2.60. The van der Waals surface area contributed by atoms with Gasteiger partial charge in [-0.2, -0.15) is 0 Å². The summed E-state index contributed by atoms with van der Waals surface area (Å²) in [6, 6.07) is 19.0. The van der Waals surface area contributed by atoms with E-state index >= 15 is 0 Å². The first-order chi connectivity index (χ1) is 11.6. The van der Waals surface area contributed by atoms with E-state index in [-0.39, 0.29) is 24.3 Å². The summed E-state index contributed by atoms with van der Waals surface area (Å²) in [5.74, 6) is -0.191. The van der Waals surface area contributed by atoms with Gasteiger partial charge in [-0.15, -0.1) is 0 Å². The lowest BCUT2D eigenvalue weighted by molar-refractivity contribution is -0.121. The number of carbonyl (C=O) groups is 2. The summed E-state index contributed by atoms with van der Waals surface area (Å²) < 4.78 is 0. The van der Waals surface area contributed by atoms with Gasteiger partial charge in [0, 0.05) is 24.6 Å². The van der Waals surface area contributed by atoms with Crippen LogP contribution in [-0.4, -0.2) is 24.4 Å². The minimum Gasteiger partial charge on any atom is -0.356 e. The number of carbonyl (C=O) groups excluding carboxylic acids is 2. The van der Waals surface area contributed by atoms with Crippen LogP contribution in [0.5, 0.6) is 0 Å². The van der Waals surface area contributed by atoms with E-state index < -0.39 is 0 Å². The van der Waals surface area contributed by atoms with Gasteiger partial charge in [-0.05, 0) is 37.5 Å². The average molecular weight is 324 g/mol. The van der Waals surface area contributed by atoms with Crippen LogP contribution in [0.1, 0.15) is 35.7 Å². The van der Waals surface area contributed by atoms with E-state index in [1.165, 1.54) is 5.56 Å². The van der Waals surface area contributed by atoms with Crippen molar-refractivity contribution in [2.75, 3.05) is 6.54 Å². The summed E-state index contributed by atoms with van der Waals surface area (Å²) in [7, 11) is 0. The molecule has 0 saturated carbocycles. The molecular formula is C20H24N2O2. The van der Waals surface area contributed by atoms with E-state index in [9.17, 15) is 9.59 Å². The Labute approximate surface area is 143 Å². The maximum atomic E-state index is 12.0. The Balaban J connectivity index is 1.63. The highest BCUT2D eigenvalue weighted by atomic mass is 16.2. The summed E-state index contributed by atoms with van der Waals surface area (Å²) in [6.45, 7) is 2.48. The second-order valence-electron chi connectivity index (χ2n) is 5.88. The lowest BCUT2D eigenvalue weighted by Gasteiger charge is -2.14. The van der Waals surface area contributed by atoms with E-state index in [0.717, 1.165) is 12.8 Å². The fourth-order valence-electron chi connectivity index (χ4n) is 2.46. The van der Waals surface area contributed by atoms with Crippen molar-refractivity contribution in [2.24, 2.45) is 0 Å². The zero-order chi connectivity index (χ0) is 17.2. The van der Waals surface area contributed by atoms with Gasteiger partial charge in [0.25, 0.3) is 5.91 Å². The van der Waals surface area contributed by atoms with E-state index in [4.69, 9.17) is 0 Å². The first-order valence-corrected chi connectivity index (χ1v) is 8.31. The van der Waals surface area contributed by atoms with Gasteiger partial charge in [-0.25, -0.2) is 0 Å². The summed E-state index contributed by atoms with van der Waals surface area (Å²) in [4.78, 5) is 23.9. The van der Waals surface area contributed by atoms with Crippen LogP contribution in [0, 0.1) is 0 Å². The molecule has 4 heteroatoms. The largest absolute Gasteiger partial charge is 0.356 e. The molecule has 0 fully saturated rings. The normalized spacial score (nSPS) is 11.5. The van der Waals surface area contributed by atoms with Gasteiger partial charge in [-0.1, -0.05) is 48.5 Å². The first kappa shape index (κ1) is 17.7. The molecule has 0 aromatic heterocycles. The molecule has 1 atom stereocenters. The maximum absolute atomic E-state index is 12.0. The number of benzene rings is 2. The zero-order valence-electron chi connectivity index (χ0n) is 14.0. The smallest absolute Gasteiger partial charge is 0.251 e. The minimum atomic E-state index is -0.202. The molecule has 0 bridgehead atoms. The standard InChI is InChI=1S/C20H24N2O2/c1-16(22-20(24)18-12-6-3-7-13-18)15-19(23)21-14-8-11-17-9-4-2-5-10-17/h2-7,9-10,12-13,16H,8,11,14-15H2,1H3,(H,21,23)(H,22,24). The van der Waals surface area contributed by atoms with E-state index in [1.807, 2.05) is 43.3 Å². The molecule has 126 valence electrons. The molecule has 0 heterocycles. The molecule has 0 aliphatic heterocycles. The molecule has 2 N–H and O–H groups in total. The predicted molar refractivity (Wildman–Crippen MR) is 95.8 cm³/mol. The molecule has 1 unspecified atom stereocenters. The van der Waals surface area contributed by atoms with E-state index in [1.54, 1.807) is 12.1 Å². The molecule has 0 spiro atoms. The minimum absolute atomic E-state index is 0.0380. The van der Waals surface area contributed by atoms with Gasteiger partial charge >= 0.3 is 0 Å². The molecule has 24 heavy (non-hydrogen) atoms. The molecule has 2 aromatic carbocycles. The molecule has 4 nitrogen and oxygen atoms in total. The van der Waals surface area contributed by atoms with Crippen LogP contribution in [0.15, 0.2) is 60.7 Å². The highest BCUT2D eigenvalue weighted by molar-refractivity contribution is 5.94. The Morgan fingerprint density at radius 3 is 2.25 bits per heavy atom. The molecule has 2 amide bonds. The number of nitrogens with one attached hydrogen (secondary N) is 2. The summed E-state index contributed by atoms with van der Waals surface area (Å²) >= 11 is 0. The topological polar surface area (TPSA) is 58.2 Å². The summed E-state index contributed by atoms with van der Waals surface area (Å²) in [6.07, 6.45) is 2.13. The van der Waals surface area contributed by atoms with Crippen molar-refractivity contribution in [3.63, 3.8) is 0 Å². The van der Waals surface area contributed by atoms with E-state index in [0.29, 0.717) is 12.1 Å². The Kier molecular flexibility index (Phi) is 7.02. The van der Waals surface area contributed by atoms with Gasteiger partial charge in [0.15, 0.2) is 0 Å². The zero-order valence-corrected chi connectivity index (χ0v) is 14.0. The monoisotopic (exact) mass is 324 g/mol. The Morgan fingerprint density at radius 2 is 1.58 bits per heavy atom. The third kappa shape index (κ3) is 6.24. The SMILES string of the molecule is CC(CC(=O)NCCCc1ccccc1)NC(=O)c1ccccc1. The molecule has 0 saturated heterocycles. The summed E-state index contributed by atoms with van der Waals surface area (Å²) in [5, 5.41) is 5.75. The Bertz CT molecular complexity index is 641. The maximum Gasteiger partial charge on any atom is 0.251 e. The van der Waals surface area contributed by atoms with Gasteiger partial charge < -0.3 is 10.6 Å². The summed E-state index contributed by atoms with van der Waals surface area (Å²) in [5.41, 5.74) is 1.88. The molecule has 2 aromatic rings. The van der Waals surface area contributed by atoms with Gasteiger partial charge in [0.2, 0.25) is 5.91 Å². The van der Waals surface area contributed by atoms with Crippen LogP contribution in [0.2, 0.25) is 0 Å². The van der Waals surface area contributed by atoms with Crippen molar-refractivity contribution in [1.82, 2.24) is 10.6 Å². The van der Waals surface area contributed by atoms with Crippen LogP contribution < -0.4 is 10.6 Å². The number of hydrogen-bond acceptors (Lipinski definition) is 2. The van der Waals surface area contributed by atoms with Crippen LogP contribution >= 0.6 is 0 Å². The molecule has 0 radical (unpaired) electrons. The van der Waals surface area contributed by atoms with Crippen molar-refractivity contribution in [2.45, 2.75) is 32.2 Å². The van der Waals surface area contributed by atoms with Crippen LogP contribution in [0.25, 0.3) is 0 Å². The van der Waals surface area contributed by atoms with Gasteiger partial charge in [0.05, 0.1) is 0 Å². The fourth-order valence-corrected chi connectivity index (χ4v) is 2.46. The highest BCUT2D eigenvalue weighted by Gasteiger charge is 2.12. The molecule has 0 aliphatic carbocycles. The lowest BCUT2D eigenvalue weighted by Crippen LogP contribution is -2.37. The number of amides is 2. The number of hydrogen-bond donors (Lipinski definition) is 2. The predicted octanol–water partition coefficient (Wildman–Crippen LogP) is 2.94. The second-order valence-corrected chi connectivity index (χ2v) is 5.88. The number of aryl methyl sites for hydroxylation is 1. The van der Waals surface area contributed by atoms with Crippen LogP contribution in [-0.2, 0) is 11.2 Å². The third-order valence-electron chi connectivity index (χ3n) is 3.71. The Morgan fingerprint density at radius 1 is 0.958 bits per heavy atom. The third-order valence-corrected chi connectivity index (χ3v) is 3.71. The van der Waals surface area contributed by atoms with Crippen molar-refractivity contribution in [1.29, 1.82) is 0 Å². The van der Waals surface area contributed by atoms with Gasteiger partial charge in [-0.3, -0.25) is 9.59 Å². The van der Waals surface area contributed by atoms with E-state index in [2.05, 4.69) is 22.8 Å². The second kappa shape index (κ2) is 9.50. The molecular weight excluding hydrogens is 300 g/mol. The highest BCUT2D eigenvalue weighted by Crippen LogP contribution is 2.02. The van der Waals surface area contributed by atoms with Crippen molar-refractivity contribution < 1.29 is 9.59 Å². The first-order valence-electron chi connectivity index (χ1n) is 8.31. The van der Waals surface area contributed by atoms with Gasteiger partial charge in [0.1, 0.15) is 0 Å². The fraction of sp³-hybridized carbons (Fsp3) is 0.300.